The summed E-state index contributed by atoms with van der Waals surface area (Å²) >= 11 is 0. The van der Waals surface area contributed by atoms with Gasteiger partial charge in [0.1, 0.15) is 0 Å². The first kappa shape index (κ1) is 13.4. The Hall–Kier alpha value is -2.08. The average Bonchev–Trinajstić information content (AvgIpc) is 2.81. The third-order valence-electron chi connectivity index (χ3n) is 3.05. The van der Waals surface area contributed by atoms with Crippen LogP contribution in [0.3, 0.4) is 0 Å². The van der Waals surface area contributed by atoms with Gasteiger partial charge in [-0.3, -0.25) is 4.90 Å². The van der Waals surface area contributed by atoms with Gasteiger partial charge in [-0.05, 0) is 30.2 Å². The number of aromatic carboxylic acids is 1. The van der Waals surface area contributed by atoms with Crippen molar-refractivity contribution in [2.24, 2.45) is 0 Å². The standard InChI is InChI=1S/C13H16N2O4/c1-19-7-5-14-13(18)15-6-4-9-8-10(12(16)17)2-3-11(9)15/h2-3,8H,4-7H2,1H3,(H,14,18)(H,16,17). The van der Waals surface area contributed by atoms with Crippen molar-refractivity contribution >= 4 is 17.7 Å². The minimum Gasteiger partial charge on any atom is -0.478 e. The minimum atomic E-state index is -0.953. The van der Waals surface area contributed by atoms with Gasteiger partial charge >= 0.3 is 12.0 Å². The molecule has 102 valence electrons. The van der Waals surface area contributed by atoms with Crippen LogP contribution in [0.15, 0.2) is 18.2 Å². The number of nitrogens with one attached hydrogen (secondary N) is 1. The van der Waals surface area contributed by atoms with Crippen LogP contribution in [0.4, 0.5) is 10.5 Å². The quantitative estimate of drug-likeness (QED) is 0.798. The molecule has 1 heterocycles. The maximum atomic E-state index is 11.9. The van der Waals surface area contributed by atoms with E-state index in [9.17, 15) is 9.59 Å². The zero-order valence-corrected chi connectivity index (χ0v) is 10.7. The highest BCUT2D eigenvalue weighted by Gasteiger charge is 2.25. The number of fused-ring (bicyclic) bond motifs is 1. The number of nitrogens with zero attached hydrogens (tertiary/aromatic N) is 1. The minimum absolute atomic E-state index is 0.182. The van der Waals surface area contributed by atoms with Crippen molar-refractivity contribution in [1.82, 2.24) is 5.32 Å². The predicted molar refractivity (Wildman–Crippen MR) is 69.7 cm³/mol. The van der Waals surface area contributed by atoms with E-state index in [1.807, 2.05) is 0 Å². The van der Waals surface area contributed by atoms with Crippen LogP contribution < -0.4 is 10.2 Å². The molecule has 1 aromatic carbocycles. The molecule has 1 aliphatic rings. The van der Waals surface area contributed by atoms with Gasteiger partial charge in [0, 0.05) is 25.9 Å². The van der Waals surface area contributed by atoms with Crippen molar-refractivity contribution in [1.29, 1.82) is 0 Å². The Morgan fingerprint density at radius 2 is 2.26 bits per heavy atom. The molecule has 0 unspecified atom stereocenters. The fraction of sp³-hybridized carbons (Fsp3) is 0.385. The van der Waals surface area contributed by atoms with Gasteiger partial charge < -0.3 is 15.2 Å². The summed E-state index contributed by atoms with van der Waals surface area (Å²) in [5.41, 5.74) is 1.92. The van der Waals surface area contributed by atoms with Crippen molar-refractivity contribution in [2.75, 3.05) is 31.7 Å². The van der Waals surface area contributed by atoms with Gasteiger partial charge in [-0.2, -0.15) is 0 Å². The molecule has 2 N–H and O–H groups in total. The van der Waals surface area contributed by atoms with Gasteiger partial charge in [-0.25, -0.2) is 9.59 Å². The molecule has 0 aromatic heterocycles. The number of methoxy groups -OCH3 is 1. The third-order valence-corrected chi connectivity index (χ3v) is 3.05. The highest BCUT2D eigenvalue weighted by atomic mass is 16.5. The first-order chi connectivity index (χ1) is 9.13. The van der Waals surface area contributed by atoms with E-state index in [0.717, 1.165) is 11.3 Å². The summed E-state index contributed by atoms with van der Waals surface area (Å²) in [6, 6.07) is 4.64. The molecule has 0 aliphatic carbocycles. The number of carbonyl (C=O) groups excluding carboxylic acids is 1. The van der Waals surface area contributed by atoms with Crippen LogP contribution in [0.5, 0.6) is 0 Å². The lowest BCUT2D eigenvalue weighted by molar-refractivity contribution is 0.0697. The smallest absolute Gasteiger partial charge is 0.335 e. The van der Waals surface area contributed by atoms with Gasteiger partial charge in [0.15, 0.2) is 0 Å². The zero-order chi connectivity index (χ0) is 13.8. The lowest BCUT2D eigenvalue weighted by Crippen LogP contribution is -2.40. The Labute approximate surface area is 111 Å². The molecule has 0 spiro atoms. The molecular formula is C13H16N2O4. The van der Waals surface area contributed by atoms with E-state index in [2.05, 4.69) is 5.32 Å². The monoisotopic (exact) mass is 264 g/mol. The van der Waals surface area contributed by atoms with Gasteiger partial charge in [0.05, 0.1) is 12.2 Å². The fourth-order valence-corrected chi connectivity index (χ4v) is 2.10. The number of anilines is 1. The van der Waals surface area contributed by atoms with Crippen LogP contribution in [-0.4, -0.2) is 43.9 Å². The molecule has 0 atom stereocenters. The number of carbonyl (C=O) groups is 2. The van der Waals surface area contributed by atoms with Crippen LogP contribution in [-0.2, 0) is 11.2 Å². The fourth-order valence-electron chi connectivity index (χ4n) is 2.10. The van der Waals surface area contributed by atoms with Gasteiger partial charge in [-0.1, -0.05) is 0 Å². The number of hydrogen-bond donors (Lipinski definition) is 2. The van der Waals surface area contributed by atoms with Crippen molar-refractivity contribution in [2.45, 2.75) is 6.42 Å². The summed E-state index contributed by atoms with van der Waals surface area (Å²) in [6.45, 7) is 1.48. The Bertz CT molecular complexity index is 501. The largest absolute Gasteiger partial charge is 0.478 e. The van der Waals surface area contributed by atoms with E-state index in [-0.39, 0.29) is 11.6 Å². The van der Waals surface area contributed by atoms with Crippen molar-refractivity contribution in [3.8, 4) is 0 Å². The van der Waals surface area contributed by atoms with E-state index < -0.39 is 5.97 Å². The topological polar surface area (TPSA) is 78.9 Å². The molecule has 0 radical (unpaired) electrons. The van der Waals surface area contributed by atoms with E-state index in [1.165, 1.54) is 6.07 Å². The average molecular weight is 264 g/mol. The van der Waals surface area contributed by atoms with Crippen molar-refractivity contribution in [3.05, 3.63) is 29.3 Å². The van der Waals surface area contributed by atoms with Gasteiger partial charge in [0.2, 0.25) is 0 Å². The maximum absolute atomic E-state index is 11.9. The molecule has 0 saturated heterocycles. The lowest BCUT2D eigenvalue weighted by Gasteiger charge is -2.18. The number of carboxylic acid groups (broad SMARTS) is 1. The first-order valence-electron chi connectivity index (χ1n) is 6.04. The summed E-state index contributed by atoms with van der Waals surface area (Å²) in [7, 11) is 1.57. The number of hydrogen-bond acceptors (Lipinski definition) is 3. The molecular weight excluding hydrogens is 248 g/mol. The molecule has 0 saturated carbocycles. The number of rotatable bonds is 4. The Morgan fingerprint density at radius 3 is 2.95 bits per heavy atom. The SMILES string of the molecule is COCCNC(=O)N1CCc2cc(C(=O)O)ccc21. The maximum Gasteiger partial charge on any atom is 0.335 e. The first-order valence-corrected chi connectivity index (χ1v) is 6.04. The predicted octanol–water partition coefficient (Wildman–Crippen LogP) is 1.10. The van der Waals surface area contributed by atoms with E-state index >= 15 is 0 Å². The molecule has 0 bridgehead atoms. The number of urea groups is 1. The summed E-state index contributed by atoms with van der Waals surface area (Å²) in [4.78, 5) is 24.5. The van der Waals surface area contributed by atoms with Gasteiger partial charge in [0.25, 0.3) is 0 Å². The molecule has 6 heteroatoms. The molecule has 1 aromatic rings. The summed E-state index contributed by atoms with van der Waals surface area (Å²) in [6.07, 6.45) is 0.675. The normalized spacial score (nSPS) is 13.2. The third kappa shape index (κ3) is 2.85. The molecule has 1 aliphatic heterocycles. The highest BCUT2D eigenvalue weighted by Crippen LogP contribution is 2.28. The van der Waals surface area contributed by atoms with Gasteiger partial charge in [-0.15, -0.1) is 0 Å². The molecule has 2 rings (SSSR count). The Balaban J connectivity index is 2.09. The number of benzene rings is 1. The summed E-state index contributed by atoms with van der Waals surface area (Å²) in [5.74, 6) is -0.953. The van der Waals surface area contributed by atoms with Crippen molar-refractivity contribution < 1.29 is 19.4 Å². The Morgan fingerprint density at radius 1 is 1.47 bits per heavy atom. The number of ether oxygens (including phenoxy) is 1. The Kier molecular flexibility index (Phi) is 4.01. The highest BCUT2D eigenvalue weighted by molar-refractivity contribution is 5.95. The molecule has 0 fully saturated rings. The van der Waals surface area contributed by atoms with E-state index in [1.54, 1.807) is 24.1 Å². The second-order valence-electron chi connectivity index (χ2n) is 4.28. The van der Waals surface area contributed by atoms with Crippen LogP contribution in [0.1, 0.15) is 15.9 Å². The van der Waals surface area contributed by atoms with Crippen LogP contribution in [0.25, 0.3) is 0 Å². The second-order valence-corrected chi connectivity index (χ2v) is 4.28. The molecule has 19 heavy (non-hydrogen) atoms. The second kappa shape index (κ2) is 5.71. The zero-order valence-electron chi connectivity index (χ0n) is 10.7. The number of amides is 2. The molecule has 6 nitrogen and oxygen atoms in total. The lowest BCUT2D eigenvalue weighted by atomic mass is 10.1. The van der Waals surface area contributed by atoms with E-state index in [4.69, 9.17) is 9.84 Å². The summed E-state index contributed by atoms with van der Waals surface area (Å²) < 4.78 is 4.87. The van der Waals surface area contributed by atoms with Crippen LogP contribution >= 0.6 is 0 Å². The van der Waals surface area contributed by atoms with Crippen LogP contribution in [0, 0.1) is 0 Å². The van der Waals surface area contributed by atoms with Crippen molar-refractivity contribution in [3.63, 3.8) is 0 Å². The number of carboxylic acids is 1. The van der Waals surface area contributed by atoms with E-state index in [0.29, 0.717) is 26.1 Å². The molecule has 2 amide bonds. The summed E-state index contributed by atoms with van der Waals surface area (Å²) in [5, 5.41) is 11.7. The van der Waals surface area contributed by atoms with Crippen LogP contribution in [0.2, 0.25) is 0 Å².